The maximum absolute atomic E-state index is 11.9. The van der Waals surface area contributed by atoms with Gasteiger partial charge in [0, 0.05) is 24.2 Å². The number of halogens is 1. The summed E-state index contributed by atoms with van der Waals surface area (Å²) in [5.41, 5.74) is 6.47. The molecule has 0 aliphatic rings. The minimum Gasteiger partial charge on any atom is -0.396 e. The molecule has 0 unspecified atom stereocenters. The summed E-state index contributed by atoms with van der Waals surface area (Å²) in [5.74, 6) is -0.222. The van der Waals surface area contributed by atoms with Gasteiger partial charge in [0.2, 0.25) is 0 Å². The summed E-state index contributed by atoms with van der Waals surface area (Å²) in [6.45, 7) is 3.22. The fraction of sp³-hybridized carbons (Fsp3) is 0.333. The topological polar surface area (TPSA) is 72.9 Å². The molecule has 0 atom stereocenters. The lowest BCUT2D eigenvalue weighted by atomic mass is 10.3. The summed E-state index contributed by atoms with van der Waals surface area (Å²) in [7, 11) is 0. The second-order valence-electron chi connectivity index (χ2n) is 4.00. The Morgan fingerprint density at radius 2 is 2.37 bits per heavy atom. The largest absolute Gasteiger partial charge is 0.396 e. The molecule has 2 aromatic heterocycles. The van der Waals surface area contributed by atoms with Crippen molar-refractivity contribution in [3.63, 3.8) is 0 Å². The van der Waals surface area contributed by atoms with Crippen LogP contribution < -0.4 is 11.1 Å². The van der Waals surface area contributed by atoms with Gasteiger partial charge in [-0.05, 0) is 41.4 Å². The molecule has 0 aromatic carbocycles. The summed E-state index contributed by atoms with van der Waals surface area (Å²) in [5, 5.41) is 6.96. The van der Waals surface area contributed by atoms with Crippen LogP contribution in [0.15, 0.2) is 22.1 Å². The van der Waals surface area contributed by atoms with E-state index in [0.29, 0.717) is 24.5 Å². The molecule has 0 saturated carbocycles. The molecule has 3 N–H and O–H groups in total. The third kappa shape index (κ3) is 3.57. The van der Waals surface area contributed by atoms with E-state index in [1.54, 1.807) is 22.2 Å². The molecule has 0 saturated heterocycles. The van der Waals surface area contributed by atoms with Gasteiger partial charge in [-0.25, -0.2) is 0 Å². The number of hydrogen-bond acceptors (Lipinski definition) is 4. The Bertz CT molecular complexity index is 578. The fourth-order valence-electron chi connectivity index (χ4n) is 1.64. The van der Waals surface area contributed by atoms with Gasteiger partial charge < -0.3 is 11.1 Å². The second-order valence-corrected chi connectivity index (χ2v) is 6.55. The standard InChI is InChI=1S/C12H15BrN4OS/c1-2-17-7-9(14)11(16-17)12(18)15-6-5-8-3-4-10(13)19-8/h3-4,7H,2,5-6,14H2,1H3,(H,15,18). The number of nitrogens with two attached hydrogens (primary N) is 1. The number of aryl methyl sites for hydroxylation is 1. The molecular weight excluding hydrogens is 328 g/mol. The van der Waals surface area contributed by atoms with Crippen LogP contribution in [0.4, 0.5) is 5.69 Å². The van der Waals surface area contributed by atoms with Gasteiger partial charge in [-0.2, -0.15) is 5.10 Å². The molecule has 0 bridgehead atoms. The van der Waals surface area contributed by atoms with Crippen molar-refractivity contribution in [2.75, 3.05) is 12.3 Å². The van der Waals surface area contributed by atoms with Gasteiger partial charge in [0.05, 0.1) is 9.47 Å². The molecule has 0 aliphatic carbocycles. The van der Waals surface area contributed by atoms with Gasteiger partial charge in [0.25, 0.3) is 5.91 Å². The van der Waals surface area contributed by atoms with Crippen LogP contribution >= 0.6 is 27.3 Å². The number of anilines is 1. The van der Waals surface area contributed by atoms with Crippen molar-refractivity contribution in [3.8, 4) is 0 Å². The van der Waals surface area contributed by atoms with Crippen LogP contribution in [0.2, 0.25) is 0 Å². The number of nitrogens with one attached hydrogen (secondary N) is 1. The maximum Gasteiger partial charge on any atom is 0.273 e. The Morgan fingerprint density at radius 1 is 1.58 bits per heavy atom. The van der Waals surface area contributed by atoms with Gasteiger partial charge in [-0.3, -0.25) is 9.48 Å². The number of carbonyl (C=O) groups excluding carboxylic acids is 1. The number of hydrogen-bond donors (Lipinski definition) is 2. The number of carbonyl (C=O) groups is 1. The zero-order valence-electron chi connectivity index (χ0n) is 10.5. The SMILES string of the molecule is CCn1cc(N)c(C(=O)NCCc2ccc(Br)s2)n1. The van der Waals surface area contributed by atoms with E-state index in [1.807, 2.05) is 19.1 Å². The van der Waals surface area contributed by atoms with Crippen LogP contribution in [0.3, 0.4) is 0 Å². The van der Waals surface area contributed by atoms with Crippen LogP contribution in [0, 0.1) is 0 Å². The quantitative estimate of drug-likeness (QED) is 0.875. The number of rotatable bonds is 5. The predicted octanol–water partition coefficient (Wildman–Crippen LogP) is 2.28. The van der Waals surface area contributed by atoms with Gasteiger partial charge in [0.1, 0.15) is 0 Å². The fourth-order valence-corrected chi connectivity index (χ4v) is 3.13. The van der Waals surface area contributed by atoms with Crippen LogP contribution in [-0.2, 0) is 13.0 Å². The van der Waals surface area contributed by atoms with Crippen molar-refractivity contribution in [1.29, 1.82) is 0 Å². The van der Waals surface area contributed by atoms with Gasteiger partial charge in [-0.15, -0.1) is 11.3 Å². The monoisotopic (exact) mass is 342 g/mol. The predicted molar refractivity (Wildman–Crippen MR) is 80.4 cm³/mol. The zero-order chi connectivity index (χ0) is 13.8. The average Bonchev–Trinajstić information content (AvgIpc) is 2.95. The van der Waals surface area contributed by atoms with E-state index in [0.717, 1.165) is 10.2 Å². The van der Waals surface area contributed by atoms with E-state index < -0.39 is 0 Å². The highest BCUT2D eigenvalue weighted by Crippen LogP contribution is 2.22. The molecular formula is C12H15BrN4OS. The Hall–Kier alpha value is -1.34. The third-order valence-electron chi connectivity index (χ3n) is 2.61. The molecule has 5 nitrogen and oxygen atoms in total. The first-order valence-corrected chi connectivity index (χ1v) is 7.56. The maximum atomic E-state index is 11.9. The Balaban J connectivity index is 1.88. The van der Waals surface area contributed by atoms with Crippen molar-refractivity contribution in [1.82, 2.24) is 15.1 Å². The number of thiophene rings is 1. The molecule has 0 radical (unpaired) electrons. The van der Waals surface area contributed by atoms with E-state index in [2.05, 4.69) is 26.3 Å². The first-order chi connectivity index (χ1) is 9.10. The molecule has 1 amide bonds. The van der Waals surface area contributed by atoms with Gasteiger partial charge in [-0.1, -0.05) is 0 Å². The molecule has 0 aliphatic heterocycles. The van der Waals surface area contributed by atoms with Crippen molar-refractivity contribution < 1.29 is 4.79 Å². The number of amides is 1. The average molecular weight is 343 g/mol. The number of aromatic nitrogens is 2. The summed E-state index contributed by atoms with van der Waals surface area (Å²) in [6.07, 6.45) is 2.47. The van der Waals surface area contributed by atoms with Crippen molar-refractivity contribution in [2.24, 2.45) is 0 Å². The van der Waals surface area contributed by atoms with E-state index in [1.165, 1.54) is 4.88 Å². The van der Waals surface area contributed by atoms with Crippen LogP contribution in [0.5, 0.6) is 0 Å². The number of nitrogens with zero attached hydrogens (tertiary/aromatic N) is 2. The van der Waals surface area contributed by atoms with E-state index in [4.69, 9.17) is 5.73 Å². The van der Waals surface area contributed by atoms with Gasteiger partial charge in [0.15, 0.2) is 5.69 Å². The second kappa shape index (κ2) is 6.21. The zero-order valence-corrected chi connectivity index (χ0v) is 12.9. The summed E-state index contributed by atoms with van der Waals surface area (Å²) < 4.78 is 2.75. The molecule has 2 aromatic rings. The lowest BCUT2D eigenvalue weighted by Crippen LogP contribution is -2.26. The highest BCUT2D eigenvalue weighted by atomic mass is 79.9. The van der Waals surface area contributed by atoms with E-state index >= 15 is 0 Å². The Kier molecular flexibility index (Phi) is 4.60. The first kappa shape index (κ1) is 14.1. The van der Waals surface area contributed by atoms with Crippen LogP contribution in [0.25, 0.3) is 0 Å². The van der Waals surface area contributed by atoms with Crippen molar-refractivity contribution in [3.05, 3.63) is 32.7 Å². The van der Waals surface area contributed by atoms with Gasteiger partial charge >= 0.3 is 0 Å². The minimum absolute atomic E-state index is 0.222. The lowest BCUT2D eigenvalue weighted by Gasteiger charge is -2.02. The first-order valence-electron chi connectivity index (χ1n) is 5.95. The molecule has 0 fully saturated rings. The third-order valence-corrected chi connectivity index (χ3v) is 4.30. The smallest absolute Gasteiger partial charge is 0.273 e. The minimum atomic E-state index is -0.222. The Morgan fingerprint density at radius 3 is 2.95 bits per heavy atom. The molecule has 2 heterocycles. The molecule has 102 valence electrons. The van der Waals surface area contributed by atoms with Crippen LogP contribution in [-0.4, -0.2) is 22.2 Å². The summed E-state index contributed by atoms with van der Waals surface area (Å²) in [6, 6.07) is 4.05. The molecule has 7 heteroatoms. The van der Waals surface area contributed by atoms with E-state index in [-0.39, 0.29) is 5.91 Å². The van der Waals surface area contributed by atoms with E-state index in [9.17, 15) is 4.79 Å². The number of nitrogen functional groups attached to an aromatic ring is 1. The lowest BCUT2D eigenvalue weighted by molar-refractivity contribution is 0.0949. The molecule has 0 spiro atoms. The Labute approximate surface area is 123 Å². The van der Waals surface area contributed by atoms with Crippen LogP contribution in [0.1, 0.15) is 22.3 Å². The summed E-state index contributed by atoms with van der Waals surface area (Å²) in [4.78, 5) is 13.1. The van der Waals surface area contributed by atoms with Crippen molar-refractivity contribution in [2.45, 2.75) is 19.9 Å². The highest BCUT2D eigenvalue weighted by molar-refractivity contribution is 9.11. The normalized spacial score (nSPS) is 10.6. The van der Waals surface area contributed by atoms with Crippen molar-refractivity contribution >= 4 is 38.9 Å². The highest BCUT2D eigenvalue weighted by Gasteiger charge is 2.13. The summed E-state index contributed by atoms with van der Waals surface area (Å²) >= 11 is 5.08. The molecule has 19 heavy (non-hydrogen) atoms. The molecule has 2 rings (SSSR count).